The Bertz CT molecular complexity index is 640. The largest absolute Gasteiger partial charge is 0.333 e. The standard InChI is InChI=1S/C17H23N3O3S/c1-3-17(4-2)15(22)20(16(23)18-17)11-14(21)19-9-5-7-12(19)13-8-6-10-24-13/h6,8,10,12H,3-5,7,9,11H2,1-2H3,(H,18,23). The number of rotatable bonds is 5. The minimum Gasteiger partial charge on any atom is -0.333 e. The molecule has 1 N–H and O–H groups in total. The Balaban J connectivity index is 1.73. The van der Waals surface area contributed by atoms with Gasteiger partial charge in [-0.15, -0.1) is 11.3 Å². The summed E-state index contributed by atoms with van der Waals surface area (Å²) in [6.45, 7) is 4.26. The molecule has 2 aliphatic rings. The second-order valence-electron chi connectivity index (χ2n) is 6.37. The summed E-state index contributed by atoms with van der Waals surface area (Å²) in [5, 5.41) is 4.77. The summed E-state index contributed by atoms with van der Waals surface area (Å²) in [5.74, 6) is -0.435. The SMILES string of the molecule is CCC1(CC)NC(=O)N(CC(=O)N2CCCC2c2cccs2)C1=O. The summed E-state index contributed by atoms with van der Waals surface area (Å²) in [7, 11) is 0. The maximum atomic E-state index is 12.7. The fourth-order valence-electron chi connectivity index (χ4n) is 3.62. The topological polar surface area (TPSA) is 69.7 Å². The number of amides is 4. The van der Waals surface area contributed by atoms with Gasteiger partial charge in [-0.2, -0.15) is 0 Å². The lowest BCUT2D eigenvalue weighted by Gasteiger charge is -2.26. The highest BCUT2D eigenvalue weighted by Crippen LogP contribution is 2.35. The molecule has 0 radical (unpaired) electrons. The van der Waals surface area contributed by atoms with Crippen molar-refractivity contribution in [1.29, 1.82) is 0 Å². The van der Waals surface area contributed by atoms with Crippen LogP contribution >= 0.6 is 11.3 Å². The quantitative estimate of drug-likeness (QED) is 0.831. The molecule has 0 saturated carbocycles. The van der Waals surface area contributed by atoms with Crippen molar-refractivity contribution < 1.29 is 14.4 Å². The molecule has 3 rings (SSSR count). The van der Waals surface area contributed by atoms with Gasteiger partial charge in [-0.25, -0.2) is 4.79 Å². The summed E-state index contributed by atoms with van der Waals surface area (Å²) in [4.78, 5) is 41.6. The van der Waals surface area contributed by atoms with Gasteiger partial charge in [0, 0.05) is 11.4 Å². The normalized spacial score (nSPS) is 23.0. The molecule has 4 amide bonds. The maximum absolute atomic E-state index is 12.7. The lowest BCUT2D eigenvalue weighted by Crippen LogP contribution is -2.47. The molecule has 1 atom stereocenters. The molecule has 7 heteroatoms. The number of thiophene rings is 1. The van der Waals surface area contributed by atoms with Gasteiger partial charge in [0.25, 0.3) is 5.91 Å². The number of nitrogens with one attached hydrogen (secondary N) is 1. The molecule has 2 saturated heterocycles. The van der Waals surface area contributed by atoms with Crippen LogP contribution in [0.1, 0.15) is 50.4 Å². The zero-order valence-electron chi connectivity index (χ0n) is 14.1. The highest BCUT2D eigenvalue weighted by molar-refractivity contribution is 7.10. The lowest BCUT2D eigenvalue weighted by molar-refractivity contribution is -0.139. The highest BCUT2D eigenvalue weighted by atomic mass is 32.1. The number of carbonyl (C=O) groups is 3. The first kappa shape index (κ1) is 17.0. The molecule has 130 valence electrons. The lowest BCUT2D eigenvalue weighted by atomic mass is 9.93. The minimum atomic E-state index is -0.852. The highest BCUT2D eigenvalue weighted by Gasteiger charge is 2.49. The van der Waals surface area contributed by atoms with Gasteiger partial charge in [0.2, 0.25) is 5.91 Å². The smallest absolute Gasteiger partial charge is 0.325 e. The summed E-state index contributed by atoms with van der Waals surface area (Å²) >= 11 is 1.64. The van der Waals surface area contributed by atoms with E-state index in [9.17, 15) is 14.4 Å². The van der Waals surface area contributed by atoms with E-state index in [1.807, 2.05) is 36.3 Å². The first-order valence-electron chi connectivity index (χ1n) is 8.49. The molecule has 1 aromatic rings. The van der Waals surface area contributed by atoms with Crippen LogP contribution in [-0.2, 0) is 9.59 Å². The van der Waals surface area contributed by atoms with E-state index >= 15 is 0 Å². The first-order valence-corrected chi connectivity index (χ1v) is 9.37. The van der Waals surface area contributed by atoms with Gasteiger partial charge < -0.3 is 10.2 Å². The zero-order valence-corrected chi connectivity index (χ0v) is 14.9. The van der Waals surface area contributed by atoms with Crippen LogP contribution in [0.25, 0.3) is 0 Å². The van der Waals surface area contributed by atoms with Crippen molar-refractivity contribution >= 4 is 29.2 Å². The van der Waals surface area contributed by atoms with Crippen molar-refractivity contribution in [3.63, 3.8) is 0 Å². The number of likely N-dealkylation sites (tertiary alicyclic amines) is 1. The molecular weight excluding hydrogens is 326 g/mol. The van der Waals surface area contributed by atoms with Gasteiger partial charge in [-0.3, -0.25) is 14.5 Å². The zero-order chi connectivity index (χ0) is 17.3. The second kappa shape index (κ2) is 6.55. The van der Waals surface area contributed by atoms with Crippen LogP contribution < -0.4 is 5.32 Å². The number of hydrogen-bond donors (Lipinski definition) is 1. The number of carbonyl (C=O) groups excluding carboxylic acids is 3. The Kier molecular flexibility index (Phi) is 4.62. The third kappa shape index (κ3) is 2.70. The number of imide groups is 1. The molecule has 2 aliphatic heterocycles. The van der Waals surface area contributed by atoms with Crippen LogP contribution in [0.2, 0.25) is 0 Å². The minimum absolute atomic E-state index is 0.0698. The van der Waals surface area contributed by atoms with Crippen LogP contribution in [0, 0.1) is 0 Å². The molecule has 2 fully saturated rings. The predicted molar refractivity (Wildman–Crippen MR) is 91.6 cm³/mol. The van der Waals surface area contributed by atoms with E-state index in [4.69, 9.17) is 0 Å². The van der Waals surface area contributed by atoms with Crippen LogP contribution in [0.3, 0.4) is 0 Å². The molecule has 1 aromatic heterocycles. The van der Waals surface area contributed by atoms with Crippen molar-refractivity contribution in [1.82, 2.24) is 15.1 Å². The average molecular weight is 349 g/mol. The Morgan fingerprint density at radius 1 is 1.38 bits per heavy atom. The Labute approximate surface area is 145 Å². The fourth-order valence-corrected chi connectivity index (χ4v) is 4.49. The maximum Gasteiger partial charge on any atom is 0.325 e. The van der Waals surface area contributed by atoms with Crippen LogP contribution in [0.4, 0.5) is 4.79 Å². The summed E-state index contributed by atoms with van der Waals surface area (Å²) in [5.41, 5.74) is -0.852. The van der Waals surface area contributed by atoms with Gasteiger partial charge >= 0.3 is 6.03 Å². The number of hydrogen-bond acceptors (Lipinski definition) is 4. The van der Waals surface area contributed by atoms with Gasteiger partial charge in [-0.05, 0) is 37.1 Å². The molecule has 1 unspecified atom stereocenters. The fraction of sp³-hybridized carbons (Fsp3) is 0.588. The third-order valence-corrected chi connectivity index (χ3v) is 6.16. The molecule has 0 spiro atoms. The van der Waals surface area contributed by atoms with E-state index in [1.165, 1.54) is 0 Å². The van der Waals surface area contributed by atoms with Crippen molar-refractivity contribution in [2.75, 3.05) is 13.1 Å². The van der Waals surface area contributed by atoms with E-state index in [-0.39, 0.29) is 24.4 Å². The van der Waals surface area contributed by atoms with Crippen LogP contribution in [-0.4, -0.2) is 46.3 Å². The van der Waals surface area contributed by atoms with Crippen molar-refractivity contribution in [3.8, 4) is 0 Å². The number of urea groups is 1. The Morgan fingerprint density at radius 3 is 2.71 bits per heavy atom. The van der Waals surface area contributed by atoms with Gasteiger partial charge in [0.1, 0.15) is 12.1 Å². The molecule has 6 nitrogen and oxygen atoms in total. The van der Waals surface area contributed by atoms with Gasteiger partial charge in [0.15, 0.2) is 0 Å². The van der Waals surface area contributed by atoms with Gasteiger partial charge in [0.05, 0.1) is 6.04 Å². The Hall–Kier alpha value is -1.89. The molecule has 3 heterocycles. The second-order valence-corrected chi connectivity index (χ2v) is 7.35. The monoisotopic (exact) mass is 349 g/mol. The van der Waals surface area contributed by atoms with Crippen molar-refractivity contribution in [3.05, 3.63) is 22.4 Å². The van der Waals surface area contributed by atoms with E-state index in [0.29, 0.717) is 19.4 Å². The molecule has 24 heavy (non-hydrogen) atoms. The summed E-state index contributed by atoms with van der Waals surface area (Å²) in [6, 6.07) is 3.63. The van der Waals surface area contributed by atoms with Gasteiger partial charge in [-0.1, -0.05) is 19.9 Å². The Morgan fingerprint density at radius 2 is 2.12 bits per heavy atom. The van der Waals surface area contributed by atoms with Crippen LogP contribution in [0.15, 0.2) is 17.5 Å². The van der Waals surface area contributed by atoms with E-state index in [1.54, 1.807) is 11.3 Å². The predicted octanol–water partition coefficient (Wildman–Crippen LogP) is 2.52. The first-order chi connectivity index (χ1) is 11.5. The summed E-state index contributed by atoms with van der Waals surface area (Å²) in [6.07, 6.45) is 2.93. The molecule has 0 aliphatic carbocycles. The number of nitrogens with zero attached hydrogens (tertiary/aromatic N) is 2. The van der Waals surface area contributed by atoms with E-state index < -0.39 is 11.6 Å². The third-order valence-electron chi connectivity index (χ3n) is 5.19. The molecule has 0 aromatic carbocycles. The van der Waals surface area contributed by atoms with E-state index in [2.05, 4.69) is 5.32 Å². The summed E-state index contributed by atoms with van der Waals surface area (Å²) < 4.78 is 0. The molecule has 0 bridgehead atoms. The van der Waals surface area contributed by atoms with E-state index in [0.717, 1.165) is 22.6 Å². The molecular formula is C17H23N3O3S. The van der Waals surface area contributed by atoms with Crippen LogP contribution in [0.5, 0.6) is 0 Å². The van der Waals surface area contributed by atoms with Crippen molar-refractivity contribution in [2.24, 2.45) is 0 Å². The van der Waals surface area contributed by atoms with Crippen molar-refractivity contribution in [2.45, 2.75) is 51.1 Å². The average Bonchev–Trinajstić information content (AvgIpc) is 3.30.